The summed E-state index contributed by atoms with van der Waals surface area (Å²) >= 11 is 0. The first kappa shape index (κ1) is 8.91. The molecule has 5 heavy (non-hydrogen) atoms. The van der Waals surface area contributed by atoms with E-state index in [1.807, 2.05) is 0 Å². The van der Waals surface area contributed by atoms with E-state index in [1.165, 1.54) is 0 Å². The second kappa shape index (κ2) is 4.06. The molecule has 0 heterocycles. The first-order valence-electron chi connectivity index (χ1n) is 0.651. The minimum absolute atomic E-state index is 0. The van der Waals surface area contributed by atoms with Gasteiger partial charge in [-0.3, -0.25) is 0 Å². The van der Waals surface area contributed by atoms with Gasteiger partial charge in [-0.2, -0.15) is 0 Å². The average molecular weight is 190 g/mol. The summed E-state index contributed by atoms with van der Waals surface area (Å²) in [6.45, 7) is 0. The van der Waals surface area contributed by atoms with E-state index in [1.54, 1.807) is 0 Å². The molecule has 2 radical (unpaired) electrons. The van der Waals surface area contributed by atoms with Gasteiger partial charge in [-0.05, 0) is 0 Å². The molecule has 0 rings (SSSR count). The van der Waals surface area contributed by atoms with E-state index < -0.39 is 6.16 Å². The molecular formula is CH2O3Te. The van der Waals surface area contributed by atoms with Gasteiger partial charge in [0.15, 0.2) is 0 Å². The van der Waals surface area contributed by atoms with Crippen molar-refractivity contribution in [2.75, 3.05) is 0 Å². The molecule has 0 spiro atoms. The maximum absolute atomic E-state index is 8.56. The molecule has 3 nitrogen and oxygen atoms in total. The van der Waals surface area contributed by atoms with Crippen LogP contribution in [0.15, 0.2) is 0 Å². The predicted molar refractivity (Wildman–Crippen MR) is 16.4 cm³/mol. The minimum atomic E-state index is -1.83. The van der Waals surface area contributed by atoms with Crippen LogP contribution >= 0.6 is 0 Å². The van der Waals surface area contributed by atoms with Crippen LogP contribution in [0.5, 0.6) is 0 Å². The van der Waals surface area contributed by atoms with E-state index in [4.69, 9.17) is 15.0 Å². The van der Waals surface area contributed by atoms with Crippen molar-refractivity contribution in [3.05, 3.63) is 0 Å². The molecule has 0 fully saturated rings. The molecule has 0 bridgehead atoms. The van der Waals surface area contributed by atoms with Crippen molar-refractivity contribution in [1.29, 1.82) is 0 Å². The maximum atomic E-state index is 8.56. The van der Waals surface area contributed by atoms with E-state index in [9.17, 15) is 0 Å². The second-order valence-corrected chi connectivity index (χ2v) is 0.283. The SMILES string of the molecule is O=C(O)O.[Te]. The molecule has 0 aliphatic heterocycles. The molecule has 0 aliphatic carbocycles. The van der Waals surface area contributed by atoms with Crippen molar-refractivity contribution >= 4 is 29.8 Å². The third-order valence-corrected chi connectivity index (χ3v) is 0. The van der Waals surface area contributed by atoms with Crippen LogP contribution in [0, 0.1) is 0 Å². The zero-order valence-electron chi connectivity index (χ0n) is 2.21. The fourth-order valence-electron chi connectivity index (χ4n) is 0. The molecule has 0 aromatic heterocycles. The fraction of sp³-hybridized carbons (Fsp3) is 0. The van der Waals surface area contributed by atoms with Gasteiger partial charge in [-0.15, -0.1) is 0 Å². The third-order valence-electron chi connectivity index (χ3n) is 0. The van der Waals surface area contributed by atoms with Gasteiger partial charge in [0.25, 0.3) is 0 Å². The Morgan fingerprint density at radius 1 is 1.40 bits per heavy atom. The van der Waals surface area contributed by atoms with E-state index in [2.05, 4.69) is 0 Å². The van der Waals surface area contributed by atoms with Crippen LogP contribution < -0.4 is 0 Å². The van der Waals surface area contributed by atoms with E-state index in [0.717, 1.165) is 0 Å². The number of rotatable bonds is 0. The first-order valence-corrected chi connectivity index (χ1v) is 0.651. The van der Waals surface area contributed by atoms with Gasteiger partial charge >= 0.3 is 6.16 Å². The molecule has 0 amide bonds. The van der Waals surface area contributed by atoms with E-state index >= 15 is 0 Å². The summed E-state index contributed by atoms with van der Waals surface area (Å²) in [6.07, 6.45) is -1.83. The quantitative estimate of drug-likeness (QED) is 0.521. The smallest absolute Gasteiger partial charge is 0.450 e. The van der Waals surface area contributed by atoms with Crippen LogP contribution in [-0.2, 0) is 0 Å². The van der Waals surface area contributed by atoms with Gasteiger partial charge in [-0.25, -0.2) is 4.79 Å². The van der Waals surface area contributed by atoms with E-state index in [0.29, 0.717) is 0 Å². The molecule has 0 saturated carbocycles. The van der Waals surface area contributed by atoms with Crippen molar-refractivity contribution < 1.29 is 15.0 Å². The van der Waals surface area contributed by atoms with Gasteiger partial charge in [0.2, 0.25) is 0 Å². The number of carbonyl (C=O) groups is 1. The summed E-state index contributed by atoms with van der Waals surface area (Å²) in [6, 6.07) is 0. The summed E-state index contributed by atoms with van der Waals surface area (Å²) < 4.78 is 0. The van der Waals surface area contributed by atoms with Crippen molar-refractivity contribution in [3.63, 3.8) is 0 Å². The minimum Gasteiger partial charge on any atom is -0.450 e. The Balaban J connectivity index is 0. The number of hydrogen-bond acceptors (Lipinski definition) is 1. The molecule has 2 N–H and O–H groups in total. The summed E-state index contributed by atoms with van der Waals surface area (Å²) in [5.41, 5.74) is 0. The maximum Gasteiger partial charge on any atom is 0.503 e. The molecule has 4 heteroatoms. The van der Waals surface area contributed by atoms with E-state index in [-0.39, 0.29) is 23.7 Å². The Bertz CT molecular complexity index is 29.9. The van der Waals surface area contributed by atoms with Crippen LogP contribution in [0.2, 0.25) is 0 Å². The molecule has 0 saturated heterocycles. The van der Waals surface area contributed by atoms with Gasteiger partial charge in [0, 0.05) is 23.7 Å². The molecule has 30 valence electrons. The van der Waals surface area contributed by atoms with Crippen molar-refractivity contribution in [2.45, 2.75) is 0 Å². The van der Waals surface area contributed by atoms with Crippen LogP contribution in [0.3, 0.4) is 0 Å². The Kier molecular flexibility index (Phi) is 7.23. The monoisotopic (exact) mass is 192 g/mol. The molecule has 0 atom stereocenters. The molecular weight excluding hydrogens is 188 g/mol. The van der Waals surface area contributed by atoms with Gasteiger partial charge in [-0.1, -0.05) is 0 Å². The predicted octanol–water partition coefficient (Wildman–Crippen LogP) is -0.158. The third kappa shape index (κ3) is 4850. The molecule has 0 aromatic carbocycles. The van der Waals surface area contributed by atoms with Crippen LogP contribution in [0.25, 0.3) is 0 Å². The summed E-state index contributed by atoms with van der Waals surface area (Å²) in [5, 5.41) is 13.9. The molecule has 0 aliphatic rings. The zero-order chi connectivity index (χ0) is 3.58. The van der Waals surface area contributed by atoms with Crippen molar-refractivity contribution in [3.8, 4) is 0 Å². The Labute approximate surface area is 45.3 Å². The van der Waals surface area contributed by atoms with Gasteiger partial charge in [0.1, 0.15) is 0 Å². The Morgan fingerprint density at radius 3 is 1.40 bits per heavy atom. The summed E-state index contributed by atoms with van der Waals surface area (Å²) in [4.78, 5) is 8.56. The van der Waals surface area contributed by atoms with Crippen molar-refractivity contribution in [2.24, 2.45) is 0 Å². The number of carboxylic acid groups (broad SMARTS) is 2. The number of hydrogen-bond donors (Lipinski definition) is 2. The van der Waals surface area contributed by atoms with Gasteiger partial charge < -0.3 is 10.2 Å². The first-order chi connectivity index (χ1) is 1.73. The molecule has 0 unspecified atom stereocenters. The van der Waals surface area contributed by atoms with Crippen LogP contribution in [0.4, 0.5) is 4.79 Å². The standard InChI is InChI=1S/CH2O3.Te/c2-1(3)4;/h(H2,2,3,4);. The second-order valence-electron chi connectivity index (χ2n) is 0.283. The topological polar surface area (TPSA) is 57.5 Å². The normalized spacial score (nSPS) is 4.80. The Hall–Kier alpha value is 0.0596. The summed E-state index contributed by atoms with van der Waals surface area (Å²) in [7, 11) is 0. The van der Waals surface area contributed by atoms with Crippen LogP contribution in [-0.4, -0.2) is 40.0 Å². The fourth-order valence-corrected chi connectivity index (χ4v) is 0. The average Bonchev–Trinajstić information content (AvgIpc) is 0.811. The van der Waals surface area contributed by atoms with Gasteiger partial charge in [0.05, 0.1) is 0 Å². The summed E-state index contributed by atoms with van der Waals surface area (Å²) in [5.74, 6) is 0. The zero-order valence-corrected chi connectivity index (χ0v) is 4.54. The molecule has 0 aromatic rings. The Morgan fingerprint density at radius 2 is 1.40 bits per heavy atom. The largest absolute Gasteiger partial charge is 0.503 e. The van der Waals surface area contributed by atoms with Crippen molar-refractivity contribution in [1.82, 2.24) is 0 Å². The van der Waals surface area contributed by atoms with Crippen LogP contribution in [0.1, 0.15) is 0 Å².